The first-order valence-electron chi connectivity index (χ1n) is 7.62. The number of rotatable bonds is 5. The molecule has 1 amide bonds. The number of nitrogens with one attached hydrogen (secondary N) is 1. The van der Waals surface area contributed by atoms with Crippen molar-refractivity contribution in [3.8, 4) is 0 Å². The molecule has 0 radical (unpaired) electrons. The van der Waals surface area contributed by atoms with E-state index in [0.29, 0.717) is 18.7 Å². The van der Waals surface area contributed by atoms with Crippen LogP contribution < -0.4 is 5.32 Å². The summed E-state index contributed by atoms with van der Waals surface area (Å²) >= 11 is 1.59. The normalized spacial score (nSPS) is 11.3. The van der Waals surface area contributed by atoms with E-state index in [1.807, 2.05) is 5.38 Å². The minimum Gasteiger partial charge on any atom is -0.478 e. The number of hydrogen-bond donors (Lipinski definition) is 2. The third-order valence-corrected chi connectivity index (χ3v) is 4.40. The quantitative estimate of drug-likeness (QED) is 0.868. The number of thiazole rings is 1. The summed E-state index contributed by atoms with van der Waals surface area (Å²) < 4.78 is 0. The maximum Gasteiger partial charge on any atom is 0.337 e. The van der Waals surface area contributed by atoms with Gasteiger partial charge in [0.1, 0.15) is 5.69 Å². The minimum atomic E-state index is -1.05. The van der Waals surface area contributed by atoms with Crippen molar-refractivity contribution < 1.29 is 14.7 Å². The molecule has 6 nitrogen and oxygen atoms in total. The Hall–Kier alpha value is -2.28. The van der Waals surface area contributed by atoms with Gasteiger partial charge in [-0.15, -0.1) is 11.3 Å². The van der Waals surface area contributed by atoms with Crippen LogP contribution in [-0.4, -0.2) is 33.5 Å². The molecule has 0 spiro atoms. The molecule has 0 atom stereocenters. The lowest BCUT2D eigenvalue weighted by Crippen LogP contribution is -2.27. The van der Waals surface area contributed by atoms with Gasteiger partial charge in [0, 0.05) is 23.8 Å². The molecule has 7 heteroatoms. The molecule has 0 aliphatic carbocycles. The maximum absolute atomic E-state index is 12.1. The Kier molecular flexibility index (Phi) is 5.33. The molecule has 2 N–H and O–H groups in total. The van der Waals surface area contributed by atoms with E-state index in [9.17, 15) is 9.59 Å². The highest BCUT2D eigenvalue weighted by Gasteiger charge is 2.17. The number of carboxylic acids is 1. The van der Waals surface area contributed by atoms with Crippen LogP contribution in [0.4, 0.5) is 0 Å². The Morgan fingerprint density at radius 3 is 2.50 bits per heavy atom. The number of aromatic carboxylic acids is 1. The predicted molar refractivity (Wildman–Crippen MR) is 92.8 cm³/mol. The van der Waals surface area contributed by atoms with E-state index in [-0.39, 0.29) is 22.6 Å². The number of aromatic nitrogens is 2. The smallest absolute Gasteiger partial charge is 0.337 e. The number of nitrogens with zero attached hydrogens (tertiary/aromatic N) is 2. The highest BCUT2D eigenvalue weighted by molar-refractivity contribution is 7.09. The summed E-state index contributed by atoms with van der Waals surface area (Å²) in [5.74, 6) is -1.37. The molecule has 0 fully saturated rings. The number of aryl methyl sites for hydroxylation is 1. The van der Waals surface area contributed by atoms with Crippen molar-refractivity contribution in [2.24, 2.45) is 0 Å². The molecule has 0 unspecified atom stereocenters. The Labute approximate surface area is 145 Å². The fourth-order valence-corrected chi connectivity index (χ4v) is 3.08. The third-order valence-electron chi connectivity index (χ3n) is 3.49. The summed E-state index contributed by atoms with van der Waals surface area (Å²) in [5.41, 5.74) is 1.71. The van der Waals surface area contributed by atoms with Gasteiger partial charge in [0.15, 0.2) is 0 Å². The van der Waals surface area contributed by atoms with Crippen molar-refractivity contribution in [1.29, 1.82) is 0 Å². The van der Waals surface area contributed by atoms with E-state index in [4.69, 9.17) is 5.11 Å². The van der Waals surface area contributed by atoms with Gasteiger partial charge < -0.3 is 10.4 Å². The molecule has 0 saturated carbocycles. The van der Waals surface area contributed by atoms with Gasteiger partial charge in [-0.25, -0.2) is 14.8 Å². The number of hydrogen-bond acceptors (Lipinski definition) is 5. The lowest BCUT2D eigenvalue weighted by Gasteiger charge is -2.14. The third kappa shape index (κ3) is 4.38. The zero-order chi connectivity index (χ0) is 17.9. The van der Waals surface area contributed by atoms with E-state index in [1.165, 1.54) is 12.1 Å². The molecule has 0 aromatic carbocycles. The zero-order valence-electron chi connectivity index (χ0n) is 14.2. The molecule has 2 aromatic heterocycles. The highest BCUT2D eigenvalue weighted by atomic mass is 32.1. The Balaban J connectivity index is 1.93. The average Bonchev–Trinajstić information content (AvgIpc) is 2.95. The lowest BCUT2D eigenvalue weighted by molar-refractivity contribution is 0.0694. The van der Waals surface area contributed by atoms with Crippen LogP contribution in [0.15, 0.2) is 17.5 Å². The van der Waals surface area contributed by atoms with Crippen LogP contribution in [0, 0.1) is 6.92 Å². The first-order chi connectivity index (χ1) is 11.2. The molecule has 128 valence electrons. The predicted octanol–water partition coefficient (Wildman–Crippen LogP) is 2.81. The lowest BCUT2D eigenvalue weighted by atomic mass is 9.93. The van der Waals surface area contributed by atoms with Gasteiger partial charge in [0.05, 0.1) is 22.0 Å². The molecule has 0 aliphatic rings. The molecule has 0 saturated heterocycles. The van der Waals surface area contributed by atoms with Gasteiger partial charge in [-0.3, -0.25) is 4.79 Å². The summed E-state index contributed by atoms with van der Waals surface area (Å²) in [5, 5.41) is 14.8. The van der Waals surface area contributed by atoms with Crippen molar-refractivity contribution in [3.05, 3.63) is 45.2 Å². The van der Waals surface area contributed by atoms with Crippen LogP contribution in [0.5, 0.6) is 0 Å². The summed E-state index contributed by atoms with van der Waals surface area (Å²) in [6, 6.07) is 2.82. The number of carbonyl (C=O) groups is 2. The molecule has 2 heterocycles. The number of carboxylic acid groups (broad SMARTS) is 1. The number of carbonyl (C=O) groups excluding carboxylic acids is 1. The zero-order valence-corrected chi connectivity index (χ0v) is 15.0. The Morgan fingerprint density at radius 2 is 1.96 bits per heavy atom. The number of amides is 1. The average molecular weight is 347 g/mol. The van der Waals surface area contributed by atoms with Crippen LogP contribution in [0.1, 0.15) is 58.0 Å². The maximum atomic E-state index is 12.1. The largest absolute Gasteiger partial charge is 0.478 e. The van der Waals surface area contributed by atoms with Crippen molar-refractivity contribution in [3.63, 3.8) is 0 Å². The van der Waals surface area contributed by atoms with E-state index < -0.39 is 5.97 Å². The summed E-state index contributed by atoms with van der Waals surface area (Å²) in [6.45, 7) is 8.37. The first kappa shape index (κ1) is 18.1. The van der Waals surface area contributed by atoms with Gasteiger partial charge in [0.25, 0.3) is 5.91 Å². The Bertz CT molecular complexity index is 763. The van der Waals surface area contributed by atoms with Crippen molar-refractivity contribution >= 4 is 23.2 Å². The number of pyridine rings is 1. The van der Waals surface area contributed by atoms with Crippen molar-refractivity contribution in [2.75, 3.05) is 6.54 Å². The van der Waals surface area contributed by atoms with Crippen molar-refractivity contribution in [1.82, 2.24) is 15.3 Å². The minimum absolute atomic E-state index is 0.0192. The van der Waals surface area contributed by atoms with E-state index in [2.05, 4.69) is 36.1 Å². The molecule has 2 rings (SSSR count). The van der Waals surface area contributed by atoms with Crippen LogP contribution in [-0.2, 0) is 11.8 Å². The van der Waals surface area contributed by atoms with Crippen LogP contribution >= 0.6 is 11.3 Å². The fourth-order valence-electron chi connectivity index (χ4n) is 2.06. The molecular formula is C17H21N3O3S. The molecular weight excluding hydrogens is 326 g/mol. The summed E-state index contributed by atoms with van der Waals surface area (Å²) in [4.78, 5) is 31.7. The monoisotopic (exact) mass is 347 g/mol. The van der Waals surface area contributed by atoms with Gasteiger partial charge in [-0.05, 0) is 19.1 Å². The van der Waals surface area contributed by atoms with E-state index in [0.717, 1.165) is 10.7 Å². The van der Waals surface area contributed by atoms with Gasteiger partial charge >= 0.3 is 5.97 Å². The van der Waals surface area contributed by atoms with Crippen molar-refractivity contribution in [2.45, 2.75) is 39.5 Å². The molecule has 0 aliphatic heterocycles. The van der Waals surface area contributed by atoms with Gasteiger partial charge in [-0.2, -0.15) is 0 Å². The first-order valence-corrected chi connectivity index (χ1v) is 8.50. The molecule has 24 heavy (non-hydrogen) atoms. The standard InChI is InChI=1S/C17H21N3O3S/c1-10-11(16(22)23)5-6-12(19-10)15(21)18-8-7-14-20-13(9-24-14)17(2,3)4/h5-6,9H,7-8H2,1-4H3,(H,18,21)(H,22,23). The highest BCUT2D eigenvalue weighted by Crippen LogP contribution is 2.23. The van der Waals surface area contributed by atoms with Gasteiger partial charge in [-0.1, -0.05) is 20.8 Å². The SMILES string of the molecule is Cc1nc(C(=O)NCCc2nc(C(C)(C)C)cs2)ccc1C(=O)O. The summed E-state index contributed by atoms with van der Waals surface area (Å²) in [6.07, 6.45) is 0.651. The second-order valence-corrected chi connectivity index (χ2v) is 7.46. The van der Waals surface area contributed by atoms with Crippen LogP contribution in [0.25, 0.3) is 0 Å². The Morgan fingerprint density at radius 1 is 1.25 bits per heavy atom. The topological polar surface area (TPSA) is 92.2 Å². The van der Waals surface area contributed by atoms with Crippen LogP contribution in [0.2, 0.25) is 0 Å². The van der Waals surface area contributed by atoms with Gasteiger partial charge in [0.2, 0.25) is 0 Å². The second kappa shape index (κ2) is 7.09. The molecule has 2 aromatic rings. The van der Waals surface area contributed by atoms with E-state index in [1.54, 1.807) is 18.3 Å². The molecule has 0 bridgehead atoms. The van der Waals surface area contributed by atoms with E-state index >= 15 is 0 Å². The second-order valence-electron chi connectivity index (χ2n) is 6.52. The van der Waals surface area contributed by atoms with Crippen LogP contribution in [0.3, 0.4) is 0 Å². The summed E-state index contributed by atoms with van der Waals surface area (Å²) in [7, 11) is 0. The fraction of sp³-hybridized carbons (Fsp3) is 0.412.